The normalized spacial score (nSPS) is 11.7. The van der Waals surface area contributed by atoms with Crippen LogP contribution in [0.15, 0.2) is 170 Å². The molecule has 6 heteroatoms. The number of hydrogen-bond donors (Lipinski definition) is 0. The highest BCUT2D eigenvalue weighted by Crippen LogP contribution is 2.46. The van der Waals surface area contributed by atoms with Crippen LogP contribution in [0.2, 0.25) is 0 Å². The Bertz CT molecular complexity index is 3220. The van der Waals surface area contributed by atoms with Gasteiger partial charge >= 0.3 is 0 Å². The van der Waals surface area contributed by atoms with Crippen LogP contribution in [0.25, 0.3) is 108 Å². The summed E-state index contributed by atoms with van der Waals surface area (Å²) >= 11 is 3.48. The molecule has 0 aliphatic carbocycles. The Balaban J connectivity index is 1.15. The molecule has 11 aromatic rings. The monoisotopic (exact) mass is 724 g/mol. The zero-order valence-electron chi connectivity index (χ0n) is 28.8. The van der Waals surface area contributed by atoms with Crippen LogP contribution in [0, 0.1) is 0 Å². The molecule has 3 aromatic heterocycles. The SMILES string of the molecule is c1ccc(-c2nc3cc4sc5ccccc5c4c(-c4nc(-c5ccc(-c6ccc7ccccc7c6)cc5)nc(-c5ccc6ccccc6c5)n4)c3s2)cc1. The van der Waals surface area contributed by atoms with Gasteiger partial charge in [0, 0.05) is 42.4 Å². The Labute approximate surface area is 318 Å². The van der Waals surface area contributed by atoms with Gasteiger partial charge in [-0.25, -0.2) is 19.9 Å². The minimum atomic E-state index is 0.630. The molecular weight excluding hydrogens is 697 g/mol. The molecule has 0 spiro atoms. The fraction of sp³-hybridized carbons (Fsp3) is 0. The van der Waals surface area contributed by atoms with Crippen LogP contribution in [0.4, 0.5) is 0 Å². The van der Waals surface area contributed by atoms with Crippen LogP contribution in [-0.2, 0) is 0 Å². The first kappa shape index (κ1) is 31.0. The van der Waals surface area contributed by atoms with Gasteiger partial charge in [0.1, 0.15) is 5.01 Å². The van der Waals surface area contributed by atoms with Gasteiger partial charge in [0.05, 0.1) is 10.2 Å². The Hall–Kier alpha value is -6.60. The van der Waals surface area contributed by atoms with E-state index in [4.69, 9.17) is 19.9 Å². The van der Waals surface area contributed by atoms with Gasteiger partial charge in [-0.2, -0.15) is 0 Å². The van der Waals surface area contributed by atoms with Crippen molar-refractivity contribution in [1.82, 2.24) is 19.9 Å². The van der Waals surface area contributed by atoms with E-state index in [1.165, 1.54) is 31.8 Å². The Morgan fingerprint density at radius 3 is 1.69 bits per heavy atom. The van der Waals surface area contributed by atoms with Gasteiger partial charge in [-0.3, -0.25) is 0 Å². The third-order valence-electron chi connectivity index (χ3n) is 10.1. The molecule has 0 radical (unpaired) electrons. The quantitative estimate of drug-likeness (QED) is 0.177. The Morgan fingerprint density at radius 2 is 0.926 bits per heavy atom. The highest BCUT2D eigenvalue weighted by atomic mass is 32.1. The lowest BCUT2D eigenvalue weighted by Gasteiger charge is -2.11. The van der Waals surface area contributed by atoms with E-state index in [2.05, 4.69) is 164 Å². The molecule has 252 valence electrons. The predicted octanol–water partition coefficient (Wildman–Crippen LogP) is 13.5. The zero-order chi connectivity index (χ0) is 35.6. The van der Waals surface area contributed by atoms with E-state index >= 15 is 0 Å². The molecule has 0 saturated carbocycles. The van der Waals surface area contributed by atoms with Crippen molar-refractivity contribution in [2.45, 2.75) is 0 Å². The summed E-state index contributed by atoms with van der Waals surface area (Å²) in [5.74, 6) is 1.91. The van der Waals surface area contributed by atoms with E-state index in [1.807, 2.05) is 6.07 Å². The van der Waals surface area contributed by atoms with Gasteiger partial charge in [0.15, 0.2) is 17.5 Å². The number of hydrogen-bond acceptors (Lipinski definition) is 6. The highest BCUT2D eigenvalue weighted by molar-refractivity contribution is 7.26. The van der Waals surface area contributed by atoms with Crippen LogP contribution in [0.1, 0.15) is 0 Å². The standard InChI is InChI=1S/C48H28N4S2/c1-2-12-33(13-3-1)48-49-39-28-41-42(38-16-8-9-17-40(38)53-41)43(44(39)54-48)47-51-45(50-46(52-47)37-25-21-30-11-5-7-15-35(30)27-37)32-22-18-31(19-23-32)36-24-20-29-10-4-6-14-34(29)26-36/h1-28H. The topological polar surface area (TPSA) is 51.6 Å². The van der Waals surface area contributed by atoms with Gasteiger partial charge in [-0.15, -0.1) is 22.7 Å². The molecule has 0 saturated heterocycles. The third kappa shape index (κ3) is 5.26. The minimum absolute atomic E-state index is 0.630. The van der Waals surface area contributed by atoms with Crippen molar-refractivity contribution in [2.24, 2.45) is 0 Å². The molecule has 4 nitrogen and oxygen atoms in total. The molecule has 54 heavy (non-hydrogen) atoms. The molecule has 0 aliphatic rings. The van der Waals surface area contributed by atoms with E-state index in [1.54, 1.807) is 22.7 Å². The van der Waals surface area contributed by atoms with Crippen molar-refractivity contribution in [3.05, 3.63) is 170 Å². The number of thiophene rings is 1. The molecular formula is C48H28N4S2. The first-order valence-corrected chi connectivity index (χ1v) is 19.5. The average molecular weight is 725 g/mol. The molecule has 0 atom stereocenters. The molecule has 0 fully saturated rings. The van der Waals surface area contributed by atoms with Gasteiger partial charge < -0.3 is 0 Å². The average Bonchev–Trinajstić information content (AvgIpc) is 3.84. The van der Waals surface area contributed by atoms with Gasteiger partial charge in [-0.05, 0) is 56.9 Å². The second-order valence-electron chi connectivity index (χ2n) is 13.5. The van der Waals surface area contributed by atoms with E-state index in [0.29, 0.717) is 17.5 Å². The van der Waals surface area contributed by atoms with Crippen LogP contribution in [-0.4, -0.2) is 19.9 Å². The lowest BCUT2D eigenvalue weighted by atomic mass is 10.00. The maximum atomic E-state index is 5.34. The summed E-state index contributed by atoms with van der Waals surface area (Å²) in [6, 6.07) is 59.8. The van der Waals surface area contributed by atoms with Gasteiger partial charge in [0.25, 0.3) is 0 Å². The van der Waals surface area contributed by atoms with E-state index in [9.17, 15) is 0 Å². The second-order valence-corrected chi connectivity index (χ2v) is 15.5. The first-order valence-electron chi connectivity index (χ1n) is 17.9. The Morgan fingerprint density at radius 1 is 0.352 bits per heavy atom. The minimum Gasteiger partial charge on any atom is -0.236 e. The van der Waals surface area contributed by atoms with Crippen molar-refractivity contribution in [3.8, 4) is 55.9 Å². The zero-order valence-corrected chi connectivity index (χ0v) is 30.4. The number of aromatic nitrogens is 4. The van der Waals surface area contributed by atoms with Crippen molar-refractivity contribution in [1.29, 1.82) is 0 Å². The smallest absolute Gasteiger partial charge is 0.166 e. The van der Waals surface area contributed by atoms with Crippen molar-refractivity contribution < 1.29 is 0 Å². The summed E-state index contributed by atoms with van der Waals surface area (Å²) in [5.41, 5.74) is 7.23. The maximum absolute atomic E-state index is 5.34. The van der Waals surface area contributed by atoms with Crippen LogP contribution >= 0.6 is 22.7 Å². The van der Waals surface area contributed by atoms with Gasteiger partial charge in [-0.1, -0.05) is 146 Å². The highest BCUT2D eigenvalue weighted by Gasteiger charge is 2.23. The predicted molar refractivity (Wildman–Crippen MR) is 228 cm³/mol. The lowest BCUT2D eigenvalue weighted by molar-refractivity contribution is 1.08. The van der Waals surface area contributed by atoms with Crippen LogP contribution in [0.3, 0.4) is 0 Å². The van der Waals surface area contributed by atoms with Crippen LogP contribution in [0.5, 0.6) is 0 Å². The van der Waals surface area contributed by atoms with Gasteiger partial charge in [0.2, 0.25) is 0 Å². The summed E-state index contributed by atoms with van der Waals surface area (Å²) in [5, 5.41) is 8.09. The lowest BCUT2D eigenvalue weighted by Crippen LogP contribution is -2.00. The van der Waals surface area contributed by atoms with Crippen molar-refractivity contribution in [2.75, 3.05) is 0 Å². The summed E-state index contributed by atoms with van der Waals surface area (Å²) in [7, 11) is 0. The van der Waals surface area contributed by atoms with E-state index in [0.717, 1.165) is 58.5 Å². The molecule has 8 aromatic carbocycles. The van der Waals surface area contributed by atoms with Crippen molar-refractivity contribution >= 4 is 74.6 Å². The summed E-state index contributed by atoms with van der Waals surface area (Å²) in [6.07, 6.45) is 0. The summed E-state index contributed by atoms with van der Waals surface area (Å²) in [4.78, 5) is 21.0. The maximum Gasteiger partial charge on any atom is 0.166 e. The first-order chi connectivity index (χ1) is 26.7. The fourth-order valence-corrected chi connectivity index (χ4v) is 9.69. The molecule has 0 amide bonds. The number of fused-ring (bicyclic) bond motifs is 6. The molecule has 0 bridgehead atoms. The summed E-state index contributed by atoms with van der Waals surface area (Å²) < 4.78 is 3.46. The Kier molecular flexibility index (Phi) is 7.18. The summed E-state index contributed by atoms with van der Waals surface area (Å²) in [6.45, 7) is 0. The van der Waals surface area contributed by atoms with E-state index < -0.39 is 0 Å². The largest absolute Gasteiger partial charge is 0.236 e. The number of rotatable bonds is 5. The fourth-order valence-electron chi connectivity index (χ4n) is 7.44. The van der Waals surface area contributed by atoms with Crippen LogP contribution < -0.4 is 0 Å². The molecule has 0 aliphatic heterocycles. The second kappa shape index (κ2) is 12.5. The number of thiazole rings is 1. The number of nitrogens with zero attached hydrogens (tertiary/aromatic N) is 4. The third-order valence-corrected chi connectivity index (χ3v) is 12.4. The molecule has 0 unspecified atom stereocenters. The molecule has 3 heterocycles. The van der Waals surface area contributed by atoms with Crippen molar-refractivity contribution in [3.63, 3.8) is 0 Å². The van der Waals surface area contributed by atoms with E-state index in [-0.39, 0.29) is 0 Å². The number of benzene rings is 8. The molecule has 11 rings (SSSR count). The molecule has 0 N–H and O–H groups in total.